The number of nitrogens with zero attached hydrogens (tertiary/aromatic N) is 2. The number of aliphatic carboxylic acids is 1. The third kappa shape index (κ3) is 1.89. The quantitative estimate of drug-likeness (QED) is 0.749. The van der Waals surface area contributed by atoms with Gasteiger partial charge in [-0.1, -0.05) is 0 Å². The van der Waals surface area contributed by atoms with Crippen LogP contribution < -0.4 is 0 Å². The summed E-state index contributed by atoms with van der Waals surface area (Å²) in [6.07, 6.45) is 5.24. The average molecular weight is 208 g/mol. The van der Waals surface area contributed by atoms with Crippen LogP contribution >= 0.6 is 0 Å². The summed E-state index contributed by atoms with van der Waals surface area (Å²) in [5.41, 5.74) is 2.36. The largest absolute Gasteiger partial charge is 0.481 e. The van der Waals surface area contributed by atoms with Crippen molar-refractivity contribution in [1.29, 1.82) is 0 Å². The van der Waals surface area contributed by atoms with E-state index in [1.807, 2.05) is 17.8 Å². The van der Waals surface area contributed by atoms with Crippen molar-refractivity contribution in [3.63, 3.8) is 0 Å². The Kier molecular flexibility index (Phi) is 2.75. The fraction of sp³-hybridized carbons (Fsp3) is 0.636. The molecule has 1 aliphatic carbocycles. The molecule has 1 aliphatic rings. The summed E-state index contributed by atoms with van der Waals surface area (Å²) in [6.45, 7) is 2.86. The maximum Gasteiger partial charge on any atom is 0.306 e. The SMILES string of the molecule is CCn1ncc2c1C[C@@H](C(=O)O)CCC2. The van der Waals surface area contributed by atoms with Crippen molar-refractivity contribution in [2.75, 3.05) is 0 Å². The number of rotatable bonds is 2. The van der Waals surface area contributed by atoms with Gasteiger partial charge in [-0.15, -0.1) is 0 Å². The fourth-order valence-electron chi connectivity index (χ4n) is 2.25. The Hall–Kier alpha value is -1.32. The molecule has 0 bridgehead atoms. The Morgan fingerprint density at radius 2 is 2.53 bits per heavy atom. The van der Waals surface area contributed by atoms with Crippen molar-refractivity contribution in [3.8, 4) is 0 Å². The van der Waals surface area contributed by atoms with E-state index in [9.17, 15) is 4.79 Å². The minimum atomic E-state index is -0.674. The van der Waals surface area contributed by atoms with Gasteiger partial charge in [0, 0.05) is 18.7 Å². The monoisotopic (exact) mass is 208 g/mol. The van der Waals surface area contributed by atoms with Crippen LogP contribution in [0.1, 0.15) is 31.0 Å². The summed E-state index contributed by atoms with van der Waals surface area (Å²) >= 11 is 0. The lowest BCUT2D eigenvalue weighted by Gasteiger charge is -2.10. The Bertz CT molecular complexity index is 371. The van der Waals surface area contributed by atoms with Gasteiger partial charge in [-0.2, -0.15) is 5.10 Å². The maximum atomic E-state index is 11.0. The molecule has 15 heavy (non-hydrogen) atoms. The van der Waals surface area contributed by atoms with Crippen molar-refractivity contribution in [1.82, 2.24) is 9.78 Å². The minimum Gasteiger partial charge on any atom is -0.481 e. The molecule has 1 heterocycles. The smallest absolute Gasteiger partial charge is 0.306 e. The molecule has 0 fully saturated rings. The standard InChI is InChI=1S/C11H16N2O2/c1-2-13-10-6-8(11(14)15)4-3-5-9(10)7-12-13/h7-8H,2-6H2,1H3,(H,14,15)/t8-/m0/s1. The third-order valence-corrected chi connectivity index (χ3v) is 3.12. The van der Waals surface area contributed by atoms with E-state index in [4.69, 9.17) is 5.11 Å². The van der Waals surface area contributed by atoms with Crippen LogP contribution in [0.25, 0.3) is 0 Å². The van der Waals surface area contributed by atoms with Gasteiger partial charge >= 0.3 is 5.97 Å². The zero-order valence-corrected chi connectivity index (χ0v) is 8.94. The van der Waals surface area contributed by atoms with Crippen molar-refractivity contribution in [3.05, 3.63) is 17.5 Å². The first-order chi connectivity index (χ1) is 7.22. The number of aryl methyl sites for hydroxylation is 2. The Morgan fingerprint density at radius 3 is 3.20 bits per heavy atom. The van der Waals surface area contributed by atoms with Gasteiger partial charge < -0.3 is 5.11 Å². The molecular weight excluding hydrogens is 192 g/mol. The van der Waals surface area contributed by atoms with E-state index in [1.165, 1.54) is 5.56 Å². The van der Waals surface area contributed by atoms with Gasteiger partial charge in [0.25, 0.3) is 0 Å². The van der Waals surface area contributed by atoms with Crippen LogP contribution in [0.4, 0.5) is 0 Å². The molecule has 4 heteroatoms. The molecule has 0 amide bonds. The zero-order valence-electron chi connectivity index (χ0n) is 8.94. The third-order valence-electron chi connectivity index (χ3n) is 3.12. The van der Waals surface area contributed by atoms with E-state index in [-0.39, 0.29) is 5.92 Å². The Labute approximate surface area is 88.9 Å². The molecule has 0 aromatic carbocycles. The first-order valence-electron chi connectivity index (χ1n) is 5.48. The first-order valence-corrected chi connectivity index (χ1v) is 5.48. The van der Waals surface area contributed by atoms with Gasteiger partial charge in [0.05, 0.1) is 12.1 Å². The molecule has 1 N–H and O–H groups in total. The van der Waals surface area contributed by atoms with Crippen LogP contribution in [-0.4, -0.2) is 20.9 Å². The van der Waals surface area contributed by atoms with Crippen LogP contribution in [0.15, 0.2) is 6.20 Å². The van der Waals surface area contributed by atoms with Gasteiger partial charge in [0.2, 0.25) is 0 Å². The molecule has 0 saturated heterocycles. The number of hydrogen-bond acceptors (Lipinski definition) is 2. The second kappa shape index (κ2) is 4.04. The second-order valence-electron chi connectivity index (χ2n) is 4.06. The summed E-state index contributed by atoms with van der Waals surface area (Å²) in [4.78, 5) is 11.0. The van der Waals surface area contributed by atoms with Crippen LogP contribution in [0, 0.1) is 5.92 Å². The summed E-state index contributed by atoms with van der Waals surface area (Å²) in [6, 6.07) is 0. The number of hydrogen-bond donors (Lipinski definition) is 1. The molecule has 1 aromatic heterocycles. The summed E-state index contributed by atoms with van der Waals surface area (Å²) in [5, 5.41) is 13.3. The normalized spacial score (nSPS) is 20.7. The summed E-state index contributed by atoms with van der Waals surface area (Å²) in [7, 11) is 0. The van der Waals surface area contributed by atoms with E-state index in [0.717, 1.165) is 31.5 Å². The number of carbonyl (C=O) groups is 1. The van der Waals surface area contributed by atoms with Crippen molar-refractivity contribution < 1.29 is 9.90 Å². The molecular formula is C11H16N2O2. The molecule has 0 saturated carbocycles. The molecule has 1 aromatic rings. The number of carboxylic acids is 1. The van der Waals surface area contributed by atoms with E-state index < -0.39 is 5.97 Å². The topological polar surface area (TPSA) is 55.1 Å². The zero-order chi connectivity index (χ0) is 10.8. The molecule has 1 atom stereocenters. The summed E-state index contributed by atoms with van der Waals surface area (Å²) in [5.74, 6) is -0.903. The van der Waals surface area contributed by atoms with E-state index in [2.05, 4.69) is 5.10 Å². The minimum absolute atomic E-state index is 0.228. The Morgan fingerprint density at radius 1 is 1.73 bits per heavy atom. The molecule has 0 spiro atoms. The molecule has 2 rings (SSSR count). The van der Waals surface area contributed by atoms with E-state index in [0.29, 0.717) is 6.42 Å². The summed E-state index contributed by atoms with van der Waals surface area (Å²) < 4.78 is 1.93. The van der Waals surface area contributed by atoms with Gasteiger partial charge in [-0.25, -0.2) is 0 Å². The maximum absolute atomic E-state index is 11.0. The highest BCUT2D eigenvalue weighted by Gasteiger charge is 2.24. The lowest BCUT2D eigenvalue weighted by Crippen LogP contribution is -2.17. The van der Waals surface area contributed by atoms with Crippen LogP contribution in [0.2, 0.25) is 0 Å². The lowest BCUT2D eigenvalue weighted by atomic mass is 10.0. The predicted octanol–water partition coefficient (Wildman–Crippen LogP) is 1.48. The molecule has 4 nitrogen and oxygen atoms in total. The highest BCUT2D eigenvalue weighted by Crippen LogP contribution is 2.24. The van der Waals surface area contributed by atoms with Crippen LogP contribution in [0.5, 0.6) is 0 Å². The predicted molar refractivity (Wildman–Crippen MR) is 55.7 cm³/mol. The number of carboxylic acid groups (broad SMARTS) is 1. The van der Waals surface area contributed by atoms with Crippen molar-refractivity contribution >= 4 is 5.97 Å². The van der Waals surface area contributed by atoms with E-state index >= 15 is 0 Å². The Balaban J connectivity index is 2.29. The van der Waals surface area contributed by atoms with Gasteiger partial charge in [0.1, 0.15) is 0 Å². The molecule has 0 aliphatic heterocycles. The highest BCUT2D eigenvalue weighted by atomic mass is 16.4. The molecule has 0 unspecified atom stereocenters. The van der Waals surface area contributed by atoms with Crippen LogP contribution in [-0.2, 0) is 24.2 Å². The number of aromatic nitrogens is 2. The highest BCUT2D eigenvalue weighted by molar-refractivity contribution is 5.70. The lowest BCUT2D eigenvalue weighted by molar-refractivity contribution is -0.141. The molecule has 0 radical (unpaired) electrons. The first kappa shape index (κ1) is 10.2. The second-order valence-corrected chi connectivity index (χ2v) is 4.06. The molecule has 82 valence electrons. The van der Waals surface area contributed by atoms with E-state index in [1.54, 1.807) is 0 Å². The number of fused-ring (bicyclic) bond motifs is 1. The van der Waals surface area contributed by atoms with Crippen LogP contribution in [0.3, 0.4) is 0 Å². The average Bonchev–Trinajstić information content (AvgIpc) is 2.46. The van der Waals surface area contributed by atoms with Gasteiger partial charge in [-0.3, -0.25) is 9.48 Å². The van der Waals surface area contributed by atoms with Crippen molar-refractivity contribution in [2.24, 2.45) is 5.92 Å². The van der Waals surface area contributed by atoms with Gasteiger partial charge in [-0.05, 0) is 31.7 Å². The van der Waals surface area contributed by atoms with Gasteiger partial charge in [0.15, 0.2) is 0 Å². The fourth-order valence-corrected chi connectivity index (χ4v) is 2.25. The van der Waals surface area contributed by atoms with Crippen molar-refractivity contribution in [2.45, 2.75) is 39.2 Å².